The Balaban J connectivity index is 1.42. The van der Waals surface area contributed by atoms with Crippen LogP contribution in [0.25, 0.3) is 6.08 Å². The lowest BCUT2D eigenvalue weighted by molar-refractivity contribution is -0.137. The molecule has 0 bridgehead atoms. The summed E-state index contributed by atoms with van der Waals surface area (Å²) in [4.78, 5) is 29.8. The second-order valence-electron chi connectivity index (χ2n) is 6.62. The molecule has 3 rings (SSSR count). The van der Waals surface area contributed by atoms with Gasteiger partial charge in [0.2, 0.25) is 5.91 Å². The normalized spacial score (nSPS) is 14.1. The summed E-state index contributed by atoms with van der Waals surface area (Å²) in [6.45, 7) is 3.11. The zero-order chi connectivity index (χ0) is 19.1. The lowest BCUT2D eigenvalue weighted by Crippen LogP contribution is -2.23. The number of esters is 1. The Bertz CT molecular complexity index is 828. The first-order valence-corrected chi connectivity index (χ1v) is 9.29. The molecule has 1 aliphatic heterocycles. The zero-order valence-corrected chi connectivity index (χ0v) is 15.6. The maximum atomic E-state index is 11.8. The lowest BCUT2D eigenvalue weighted by Gasteiger charge is -2.15. The topological polar surface area (TPSA) is 59.5 Å². The van der Waals surface area contributed by atoms with Gasteiger partial charge in [0, 0.05) is 36.1 Å². The molecule has 5 nitrogen and oxygen atoms in total. The Kier molecular flexibility index (Phi) is 6.36. The molecule has 0 saturated carbocycles. The van der Waals surface area contributed by atoms with Crippen LogP contribution in [0.1, 0.15) is 36.2 Å². The standard InChI is InChI=1S/C22H24N2O3/c1-17-5-2-6-19(23-17)7-4-16-27-22(26)14-11-18-9-12-20(13-10-18)24-15-3-8-21(24)25/h2,5-6,9-14H,3-4,7-8,15-16H2,1H3/b14-11+. The molecular formula is C22H24N2O3. The van der Waals surface area contributed by atoms with Gasteiger partial charge >= 0.3 is 5.97 Å². The highest BCUT2D eigenvalue weighted by atomic mass is 16.5. The Morgan fingerprint density at radius 2 is 2.04 bits per heavy atom. The number of benzene rings is 1. The first kappa shape index (κ1) is 18.8. The molecule has 2 heterocycles. The molecule has 1 aromatic carbocycles. The van der Waals surface area contributed by atoms with Crippen molar-refractivity contribution in [2.45, 2.75) is 32.6 Å². The number of aromatic nitrogens is 1. The van der Waals surface area contributed by atoms with Crippen molar-refractivity contribution in [2.75, 3.05) is 18.1 Å². The van der Waals surface area contributed by atoms with Crippen molar-refractivity contribution >= 4 is 23.6 Å². The van der Waals surface area contributed by atoms with Crippen molar-refractivity contribution in [1.29, 1.82) is 0 Å². The number of rotatable bonds is 7. The predicted octanol–water partition coefficient (Wildman–Crippen LogP) is 3.71. The minimum Gasteiger partial charge on any atom is -0.463 e. The minimum atomic E-state index is -0.356. The fourth-order valence-electron chi connectivity index (χ4n) is 3.06. The van der Waals surface area contributed by atoms with Crippen molar-refractivity contribution in [3.8, 4) is 0 Å². The maximum absolute atomic E-state index is 11.8. The van der Waals surface area contributed by atoms with E-state index in [1.807, 2.05) is 49.4 Å². The van der Waals surface area contributed by atoms with Crippen LogP contribution in [0.5, 0.6) is 0 Å². The van der Waals surface area contributed by atoms with E-state index in [1.54, 1.807) is 11.0 Å². The van der Waals surface area contributed by atoms with Crippen molar-refractivity contribution < 1.29 is 14.3 Å². The highest BCUT2D eigenvalue weighted by Gasteiger charge is 2.21. The van der Waals surface area contributed by atoms with Gasteiger partial charge in [-0.15, -0.1) is 0 Å². The first-order valence-electron chi connectivity index (χ1n) is 9.29. The largest absolute Gasteiger partial charge is 0.463 e. The van der Waals surface area contributed by atoms with Crippen LogP contribution in [0.15, 0.2) is 48.5 Å². The number of carbonyl (C=O) groups is 2. The summed E-state index contributed by atoms with van der Waals surface area (Å²) in [5.74, 6) is -0.186. The smallest absolute Gasteiger partial charge is 0.330 e. The molecule has 1 saturated heterocycles. The summed E-state index contributed by atoms with van der Waals surface area (Å²) in [5.41, 5.74) is 3.80. The van der Waals surface area contributed by atoms with E-state index >= 15 is 0 Å². The molecule has 1 fully saturated rings. The number of anilines is 1. The average Bonchev–Trinajstić information content (AvgIpc) is 3.10. The molecule has 5 heteroatoms. The van der Waals surface area contributed by atoms with Crippen LogP contribution in [-0.4, -0.2) is 30.0 Å². The number of amides is 1. The number of hydrogen-bond donors (Lipinski definition) is 0. The quantitative estimate of drug-likeness (QED) is 0.427. The molecular weight excluding hydrogens is 340 g/mol. The van der Waals surface area contributed by atoms with Gasteiger partial charge in [0.25, 0.3) is 0 Å². The summed E-state index contributed by atoms with van der Waals surface area (Å²) < 4.78 is 5.23. The van der Waals surface area contributed by atoms with Gasteiger partial charge in [0.1, 0.15) is 0 Å². The molecule has 1 aromatic heterocycles. The molecule has 1 aliphatic rings. The van der Waals surface area contributed by atoms with Gasteiger partial charge in [-0.1, -0.05) is 18.2 Å². The third kappa shape index (κ3) is 5.51. The number of aryl methyl sites for hydroxylation is 2. The predicted molar refractivity (Wildman–Crippen MR) is 105 cm³/mol. The summed E-state index contributed by atoms with van der Waals surface area (Å²) in [6, 6.07) is 13.5. The summed E-state index contributed by atoms with van der Waals surface area (Å²) >= 11 is 0. The van der Waals surface area contributed by atoms with Gasteiger partial charge in [-0.2, -0.15) is 0 Å². The number of hydrogen-bond acceptors (Lipinski definition) is 4. The second kappa shape index (κ2) is 9.12. The van der Waals surface area contributed by atoms with E-state index in [4.69, 9.17) is 4.74 Å². The Morgan fingerprint density at radius 3 is 2.74 bits per heavy atom. The van der Waals surface area contributed by atoms with Gasteiger partial charge in [-0.05, 0) is 62.1 Å². The molecule has 0 aliphatic carbocycles. The van der Waals surface area contributed by atoms with Gasteiger partial charge < -0.3 is 9.64 Å². The molecule has 0 N–H and O–H groups in total. The highest BCUT2D eigenvalue weighted by molar-refractivity contribution is 5.95. The molecule has 0 radical (unpaired) electrons. The van der Waals surface area contributed by atoms with Gasteiger partial charge in [-0.3, -0.25) is 9.78 Å². The maximum Gasteiger partial charge on any atom is 0.330 e. The number of ether oxygens (including phenoxy) is 1. The van der Waals surface area contributed by atoms with Crippen LogP contribution in [0.4, 0.5) is 5.69 Å². The summed E-state index contributed by atoms with van der Waals surface area (Å²) in [5, 5.41) is 0. The molecule has 0 spiro atoms. The fourth-order valence-corrected chi connectivity index (χ4v) is 3.06. The monoisotopic (exact) mass is 364 g/mol. The van der Waals surface area contributed by atoms with Crippen molar-refractivity contribution in [3.63, 3.8) is 0 Å². The third-order valence-corrected chi connectivity index (χ3v) is 4.46. The Morgan fingerprint density at radius 1 is 1.22 bits per heavy atom. The van der Waals surface area contributed by atoms with Crippen LogP contribution in [0.3, 0.4) is 0 Å². The average molecular weight is 364 g/mol. The van der Waals surface area contributed by atoms with Crippen molar-refractivity contribution in [1.82, 2.24) is 4.98 Å². The van der Waals surface area contributed by atoms with E-state index in [0.717, 1.165) is 48.4 Å². The van der Waals surface area contributed by atoms with E-state index in [-0.39, 0.29) is 11.9 Å². The van der Waals surface area contributed by atoms with Gasteiger partial charge in [0.15, 0.2) is 0 Å². The van der Waals surface area contributed by atoms with Crippen LogP contribution in [0, 0.1) is 6.92 Å². The lowest BCUT2D eigenvalue weighted by atomic mass is 10.2. The molecule has 27 heavy (non-hydrogen) atoms. The molecule has 2 aromatic rings. The number of carbonyl (C=O) groups excluding carboxylic acids is 2. The van der Waals surface area contributed by atoms with Crippen LogP contribution >= 0.6 is 0 Å². The van der Waals surface area contributed by atoms with E-state index in [9.17, 15) is 9.59 Å². The first-order chi connectivity index (χ1) is 13.1. The zero-order valence-electron chi connectivity index (χ0n) is 15.6. The van der Waals surface area contributed by atoms with Gasteiger partial charge in [0.05, 0.1) is 6.61 Å². The molecule has 1 amide bonds. The molecule has 140 valence electrons. The molecule has 0 atom stereocenters. The number of pyridine rings is 1. The minimum absolute atomic E-state index is 0.169. The SMILES string of the molecule is Cc1cccc(CCCOC(=O)/C=C/c2ccc(N3CCCC3=O)cc2)n1. The summed E-state index contributed by atoms with van der Waals surface area (Å²) in [6.07, 6.45) is 6.21. The second-order valence-corrected chi connectivity index (χ2v) is 6.62. The van der Waals surface area contributed by atoms with Crippen LogP contribution < -0.4 is 4.90 Å². The van der Waals surface area contributed by atoms with Crippen molar-refractivity contribution in [3.05, 3.63) is 65.5 Å². The van der Waals surface area contributed by atoms with Crippen LogP contribution in [0.2, 0.25) is 0 Å². The van der Waals surface area contributed by atoms with E-state index in [2.05, 4.69) is 4.98 Å². The Hall–Kier alpha value is -2.95. The Labute approximate surface area is 159 Å². The third-order valence-electron chi connectivity index (χ3n) is 4.46. The van der Waals surface area contributed by atoms with E-state index < -0.39 is 0 Å². The van der Waals surface area contributed by atoms with E-state index in [1.165, 1.54) is 6.08 Å². The summed E-state index contributed by atoms with van der Waals surface area (Å²) in [7, 11) is 0. The van der Waals surface area contributed by atoms with Gasteiger partial charge in [-0.25, -0.2) is 4.79 Å². The number of nitrogens with zero attached hydrogens (tertiary/aromatic N) is 2. The van der Waals surface area contributed by atoms with E-state index in [0.29, 0.717) is 13.0 Å². The molecule has 0 unspecified atom stereocenters. The highest BCUT2D eigenvalue weighted by Crippen LogP contribution is 2.21. The van der Waals surface area contributed by atoms with Crippen molar-refractivity contribution in [2.24, 2.45) is 0 Å². The van der Waals surface area contributed by atoms with Crippen LogP contribution in [-0.2, 0) is 20.7 Å². The fraction of sp³-hybridized carbons (Fsp3) is 0.318.